The average molecular weight is 256 g/mol. The second kappa shape index (κ2) is 5.31. The number of aromatic nitrogens is 3. The molecule has 1 aromatic rings. The van der Waals surface area contributed by atoms with Crippen LogP contribution in [-0.2, 0) is 4.74 Å². The number of hydrogen-bond donors (Lipinski definition) is 1. The van der Waals surface area contributed by atoms with Gasteiger partial charge in [-0.15, -0.1) is 0 Å². The van der Waals surface area contributed by atoms with E-state index in [0.29, 0.717) is 30.5 Å². The summed E-state index contributed by atoms with van der Waals surface area (Å²) in [6, 6.07) is 0.326. The third kappa shape index (κ3) is 2.66. The summed E-state index contributed by atoms with van der Waals surface area (Å²) in [6.45, 7) is 3.65. The van der Waals surface area contributed by atoms with Gasteiger partial charge in [-0.25, -0.2) is 4.79 Å². The summed E-state index contributed by atoms with van der Waals surface area (Å²) in [5, 5.41) is 6.65. The number of piperidine rings is 1. The highest BCUT2D eigenvalue weighted by Gasteiger charge is 2.24. The predicted octanol–water partition coefficient (Wildman–Crippen LogP) is 1.73. The largest absolute Gasteiger partial charge is 0.450 e. The number of nitrogens with zero attached hydrogens (tertiary/aromatic N) is 3. The van der Waals surface area contributed by atoms with Crippen LogP contribution in [0.4, 0.5) is 4.79 Å². The van der Waals surface area contributed by atoms with Gasteiger partial charge in [-0.3, -0.25) is 5.10 Å². The maximum atomic E-state index is 11.5. The van der Waals surface area contributed by atoms with Crippen LogP contribution in [0.2, 0.25) is 0 Å². The Morgan fingerprint density at radius 3 is 2.88 bits per heavy atom. The SMILES string of the molecule is CCOC(=O)N1CCC(n2cn[nH]c2=S)CC1. The van der Waals surface area contributed by atoms with Crippen LogP contribution in [0.3, 0.4) is 0 Å². The minimum absolute atomic E-state index is 0.221. The summed E-state index contributed by atoms with van der Waals surface area (Å²) in [5.41, 5.74) is 0. The van der Waals surface area contributed by atoms with Gasteiger partial charge in [-0.1, -0.05) is 0 Å². The van der Waals surface area contributed by atoms with Crippen molar-refractivity contribution in [1.29, 1.82) is 0 Å². The molecule has 0 unspecified atom stereocenters. The lowest BCUT2D eigenvalue weighted by Gasteiger charge is -2.31. The van der Waals surface area contributed by atoms with Gasteiger partial charge >= 0.3 is 6.09 Å². The molecule has 7 heteroatoms. The van der Waals surface area contributed by atoms with Crippen molar-refractivity contribution in [3.63, 3.8) is 0 Å². The Labute approximate surface area is 105 Å². The van der Waals surface area contributed by atoms with Crippen molar-refractivity contribution < 1.29 is 9.53 Å². The zero-order valence-electron chi connectivity index (χ0n) is 9.76. The van der Waals surface area contributed by atoms with E-state index < -0.39 is 0 Å². The molecule has 2 rings (SSSR count). The van der Waals surface area contributed by atoms with Crippen molar-refractivity contribution in [3.05, 3.63) is 11.1 Å². The van der Waals surface area contributed by atoms with Crippen molar-refractivity contribution in [2.45, 2.75) is 25.8 Å². The zero-order valence-corrected chi connectivity index (χ0v) is 10.6. The van der Waals surface area contributed by atoms with Crippen LogP contribution in [0.5, 0.6) is 0 Å². The van der Waals surface area contributed by atoms with Crippen LogP contribution in [0, 0.1) is 4.77 Å². The van der Waals surface area contributed by atoms with E-state index in [-0.39, 0.29) is 6.09 Å². The van der Waals surface area contributed by atoms with Gasteiger partial charge in [0.15, 0.2) is 4.77 Å². The fraction of sp³-hybridized carbons (Fsp3) is 0.700. The fourth-order valence-corrected chi connectivity index (χ4v) is 2.31. The van der Waals surface area contributed by atoms with Gasteiger partial charge in [0, 0.05) is 19.1 Å². The Balaban J connectivity index is 1.92. The zero-order chi connectivity index (χ0) is 12.3. The Bertz CT molecular complexity index is 434. The summed E-state index contributed by atoms with van der Waals surface area (Å²) < 4.78 is 7.57. The van der Waals surface area contributed by atoms with Gasteiger partial charge < -0.3 is 14.2 Å². The van der Waals surface area contributed by atoms with Crippen molar-refractivity contribution >= 4 is 18.3 Å². The lowest BCUT2D eigenvalue weighted by atomic mass is 10.1. The quantitative estimate of drug-likeness (QED) is 0.819. The molecule has 0 saturated carbocycles. The molecule has 0 aromatic carbocycles. The summed E-state index contributed by atoms with van der Waals surface area (Å²) in [5.74, 6) is 0. The minimum Gasteiger partial charge on any atom is -0.450 e. The number of rotatable bonds is 2. The molecule has 1 amide bonds. The van der Waals surface area contributed by atoms with Crippen LogP contribution in [0.25, 0.3) is 0 Å². The molecule has 17 heavy (non-hydrogen) atoms. The lowest BCUT2D eigenvalue weighted by Crippen LogP contribution is -2.39. The van der Waals surface area contributed by atoms with E-state index in [4.69, 9.17) is 17.0 Å². The summed E-state index contributed by atoms with van der Waals surface area (Å²) in [4.78, 5) is 13.3. The van der Waals surface area contributed by atoms with E-state index in [1.54, 1.807) is 11.2 Å². The van der Waals surface area contributed by atoms with Gasteiger partial charge in [0.05, 0.1) is 6.61 Å². The molecular weight excluding hydrogens is 240 g/mol. The third-order valence-corrected chi connectivity index (χ3v) is 3.26. The topological polar surface area (TPSA) is 63.1 Å². The third-order valence-electron chi connectivity index (χ3n) is 2.96. The van der Waals surface area contributed by atoms with E-state index in [9.17, 15) is 4.79 Å². The summed E-state index contributed by atoms with van der Waals surface area (Å²) >= 11 is 5.13. The number of nitrogens with one attached hydrogen (secondary N) is 1. The molecule has 0 bridgehead atoms. The number of likely N-dealkylation sites (tertiary alicyclic amines) is 1. The normalized spacial score (nSPS) is 17.1. The second-order valence-electron chi connectivity index (χ2n) is 3.99. The monoisotopic (exact) mass is 256 g/mol. The smallest absolute Gasteiger partial charge is 0.409 e. The molecule has 1 saturated heterocycles. The molecule has 6 nitrogen and oxygen atoms in total. The molecule has 2 heterocycles. The van der Waals surface area contributed by atoms with E-state index in [0.717, 1.165) is 12.8 Å². The lowest BCUT2D eigenvalue weighted by molar-refractivity contribution is 0.0925. The maximum absolute atomic E-state index is 11.5. The van der Waals surface area contributed by atoms with Gasteiger partial charge in [0.1, 0.15) is 6.33 Å². The average Bonchev–Trinajstić information content (AvgIpc) is 2.76. The van der Waals surface area contributed by atoms with Gasteiger partial charge in [-0.05, 0) is 32.0 Å². The molecule has 94 valence electrons. The molecular formula is C10H16N4O2S. The number of amides is 1. The Kier molecular flexibility index (Phi) is 3.78. The van der Waals surface area contributed by atoms with Crippen molar-refractivity contribution in [2.24, 2.45) is 0 Å². The molecule has 1 aromatic heterocycles. The molecule has 0 atom stereocenters. The highest BCUT2D eigenvalue weighted by Crippen LogP contribution is 2.22. The maximum Gasteiger partial charge on any atom is 0.409 e. The molecule has 1 aliphatic rings. The number of ether oxygens (including phenoxy) is 1. The summed E-state index contributed by atoms with van der Waals surface area (Å²) in [7, 11) is 0. The van der Waals surface area contributed by atoms with Crippen molar-refractivity contribution in [2.75, 3.05) is 19.7 Å². The molecule has 1 aliphatic heterocycles. The Morgan fingerprint density at radius 2 is 2.35 bits per heavy atom. The van der Waals surface area contributed by atoms with Crippen LogP contribution in [0.15, 0.2) is 6.33 Å². The van der Waals surface area contributed by atoms with Gasteiger partial charge in [-0.2, -0.15) is 5.10 Å². The van der Waals surface area contributed by atoms with Gasteiger partial charge in [0.25, 0.3) is 0 Å². The molecule has 0 spiro atoms. The van der Waals surface area contributed by atoms with E-state index in [2.05, 4.69) is 10.2 Å². The van der Waals surface area contributed by atoms with Crippen LogP contribution in [-0.4, -0.2) is 45.5 Å². The number of carbonyl (C=O) groups excluding carboxylic acids is 1. The minimum atomic E-state index is -0.221. The Hall–Kier alpha value is -1.37. The van der Waals surface area contributed by atoms with E-state index >= 15 is 0 Å². The predicted molar refractivity (Wildman–Crippen MR) is 64.3 cm³/mol. The molecule has 0 radical (unpaired) electrons. The highest BCUT2D eigenvalue weighted by atomic mass is 32.1. The number of carbonyl (C=O) groups is 1. The first-order valence-electron chi connectivity index (χ1n) is 5.75. The molecule has 0 aliphatic carbocycles. The first-order chi connectivity index (χ1) is 8.22. The van der Waals surface area contributed by atoms with Crippen LogP contribution in [0.1, 0.15) is 25.8 Å². The Morgan fingerprint density at radius 1 is 1.65 bits per heavy atom. The second-order valence-corrected chi connectivity index (χ2v) is 4.37. The van der Waals surface area contributed by atoms with Crippen molar-refractivity contribution in [1.82, 2.24) is 19.7 Å². The van der Waals surface area contributed by atoms with E-state index in [1.807, 2.05) is 11.5 Å². The van der Waals surface area contributed by atoms with E-state index in [1.165, 1.54) is 0 Å². The number of H-pyrrole nitrogens is 1. The van der Waals surface area contributed by atoms with Crippen LogP contribution < -0.4 is 0 Å². The summed E-state index contributed by atoms with van der Waals surface area (Å²) in [6.07, 6.45) is 3.26. The van der Waals surface area contributed by atoms with Gasteiger partial charge in [0.2, 0.25) is 0 Å². The van der Waals surface area contributed by atoms with Crippen molar-refractivity contribution in [3.8, 4) is 0 Å². The fourth-order valence-electron chi connectivity index (χ4n) is 2.06. The first-order valence-corrected chi connectivity index (χ1v) is 6.16. The molecule has 1 fully saturated rings. The standard InChI is InChI=1S/C10H16N4O2S/c1-2-16-10(15)13-5-3-8(4-6-13)14-7-11-12-9(14)17/h7-8H,2-6H2,1H3,(H,12,17). The number of aromatic amines is 1. The first kappa shape index (κ1) is 12.1. The van der Waals surface area contributed by atoms with Crippen LogP contribution >= 0.6 is 12.2 Å². The molecule has 1 N–H and O–H groups in total. The highest BCUT2D eigenvalue weighted by molar-refractivity contribution is 7.71. The number of hydrogen-bond acceptors (Lipinski definition) is 4.